The topological polar surface area (TPSA) is 95.1 Å². The van der Waals surface area contributed by atoms with Crippen LogP contribution in [0.1, 0.15) is 26.9 Å². The number of nitrogens with zero attached hydrogens (tertiary/aromatic N) is 5. The Balaban J connectivity index is 1.43. The van der Waals surface area contributed by atoms with E-state index in [9.17, 15) is 9.59 Å². The molecule has 2 amide bonds. The number of nitrogens with one attached hydrogen (secondary N) is 1. The van der Waals surface area contributed by atoms with Gasteiger partial charge in [0.15, 0.2) is 0 Å². The first-order chi connectivity index (χ1) is 12.6. The van der Waals surface area contributed by atoms with Gasteiger partial charge >= 0.3 is 0 Å². The summed E-state index contributed by atoms with van der Waals surface area (Å²) in [5.41, 5.74) is 1.22. The zero-order valence-electron chi connectivity index (χ0n) is 14.3. The molecular formula is C18H18N6O2. The van der Waals surface area contributed by atoms with E-state index in [1.807, 2.05) is 30.3 Å². The summed E-state index contributed by atoms with van der Waals surface area (Å²) in [6.45, 7) is 3.57. The molecule has 0 unspecified atom stereocenters. The zero-order chi connectivity index (χ0) is 18.1. The van der Waals surface area contributed by atoms with E-state index in [1.54, 1.807) is 22.8 Å². The third kappa shape index (κ3) is 3.01. The Hall–Kier alpha value is -3.29. The van der Waals surface area contributed by atoms with Gasteiger partial charge in [-0.2, -0.15) is 0 Å². The number of hydrogen-bond donors (Lipinski definition) is 1. The fourth-order valence-electron chi connectivity index (χ4n) is 3.04. The normalized spacial score (nSPS) is 14.7. The second kappa shape index (κ2) is 6.55. The highest BCUT2D eigenvalue weighted by Crippen LogP contribution is 2.14. The molecule has 8 nitrogen and oxygen atoms in total. The maximum absolute atomic E-state index is 12.7. The van der Waals surface area contributed by atoms with Crippen molar-refractivity contribution < 1.29 is 9.59 Å². The van der Waals surface area contributed by atoms with Gasteiger partial charge in [0.2, 0.25) is 5.82 Å². The average Bonchev–Trinajstić information content (AvgIpc) is 3.13. The molecule has 0 aliphatic carbocycles. The largest absolute Gasteiger partial charge is 0.334 e. The molecule has 0 bridgehead atoms. The lowest BCUT2D eigenvalue weighted by Crippen LogP contribution is -2.51. The minimum absolute atomic E-state index is 0.114. The van der Waals surface area contributed by atoms with Crippen molar-refractivity contribution in [2.75, 3.05) is 26.2 Å². The lowest BCUT2D eigenvalue weighted by Gasteiger charge is -2.34. The third-order valence-corrected chi connectivity index (χ3v) is 4.46. The van der Waals surface area contributed by atoms with Crippen LogP contribution in [-0.4, -0.2) is 68.0 Å². The molecule has 3 aromatic rings. The Kier molecular flexibility index (Phi) is 4.08. The van der Waals surface area contributed by atoms with E-state index in [-0.39, 0.29) is 17.6 Å². The van der Waals surface area contributed by atoms with Gasteiger partial charge in [-0.1, -0.05) is 24.3 Å². The molecule has 1 aliphatic rings. The maximum atomic E-state index is 12.7. The van der Waals surface area contributed by atoms with Crippen molar-refractivity contribution in [3.8, 4) is 0 Å². The second-order valence-electron chi connectivity index (χ2n) is 6.22. The predicted molar refractivity (Wildman–Crippen MR) is 94.7 cm³/mol. The van der Waals surface area contributed by atoms with Crippen LogP contribution in [0.25, 0.3) is 10.9 Å². The highest BCUT2D eigenvalue weighted by atomic mass is 16.2. The monoisotopic (exact) mass is 350 g/mol. The molecule has 0 radical (unpaired) electrons. The van der Waals surface area contributed by atoms with E-state index in [4.69, 9.17) is 0 Å². The molecule has 4 rings (SSSR count). The highest BCUT2D eigenvalue weighted by Gasteiger charge is 2.27. The molecule has 132 valence electrons. The first kappa shape index (κ1) is 16.2. The van der Waals surface area contributed by atoms with Crippen LogP contribution in [-0.2, 0) is 0 Å². The van der Waals surface area contributed by atoms with Crippen LogP contribution < -0.4 is 0 Å². The third-order valence-electron chi connectivity index (χ3n) is 4.46. The number of H-pyrrole nitrogens is 1. The van der Waals surface area contributed by atoms with Gasteiger partial charge in [-0.15, -0.1) is 5.10 Å². The average molecular weight is 350 g/mol. The maximum Gasteiger partial charge on any atom is 0.293 e. The van der Waals surface area contributed by atoms with E-state index in [0.29, 0.717) is 37.7 Å². The number of fused-ring (bicyclic) bond motifs is 1. The number of carbonyl (C=O) groups is 2. The molecule has 0 atom stereocenters. The summed E-state index contributed by atoms with van der Waals surface area (Å²) in [5, 5.41) is 7.58. The molecule has 1 saturated heterocycles. The Labute approximate surface area is 149 Å². The smallest absolute Gasteiger partial charge is 0.293 e. The molecule has 8 heteroatoms. The summed E-state index contributed by atoms with van der Waals surface area (Å²) >= 11 is 0. The van der Waals surface area contributed by atoms with Crippen LogP contribution in [0, 0.1) is 6.92 Å². The molecule has 1 fully saturated rings. The minimum atomic E-state index is -0.217. The number of benzene rings is 1. The van der Waals surface area contributed by atoms with Crippen molar-refractivity contribution in [1.29, 1.82) is 0 Å². The number of amides is 2. The van der Waals surface area contributed by atoms with Crippen LogP contribution in [0.2, 0.25) is 0 Å². The number of rotatable bonds is 2. The first-order valence-electron chi connectivity index (χ1n) is 8.45. The first-order valence-corrected chi connectivity index (χ1v) is 8.45. The summed E-state index contributed by atoms with van der Waals surface area (Å²) < 4.78 is 0. The van der Waals surface area contributed by atoms with Crippen molar-refractivity contribution >= 4 is 22.7 Å². The highest BCUT2D eigenvalue weighted by molar-refractivity contribution is 5.95. The number of para-hydroxylation sites is 1. The van der Waals surface area contributed by atoms with E-state index < -0.39 is 0 Å². The van der Waals surface area contributed by atoms with Crippen LogP contribution >= 0.6 is 0 Å². The van der Waals surface area contributed by atoms with E-state index >= 15 is 0 Å². The SMILES string of the molecule is Cc1nc(C(=O)N2CCN(C(=O)c3ccc4ccccc4n3)CC2)n[nH]1. The summed E-state index contributed by atoms with van der Waals surface area (Å²) in [5.74, 6) is 0.435. The van der Waals surface area contributed by atoms with Crippen LogP contribution in [0.5, 0.6) is 0 Å². The standard InChI is InChI=1S/C18H18N6O2/c1-12-19-16(22-21-12)18(26)24-10-8-23(9-11-24)17(25)15-7-6-13-4-2-3-5-14(13)20-15/h2-7H,8-11H2,1H3,(H,19,21,22). The van der Waals surface area contributed by atoms with Gasteiger partial charge in [-0.05, 0) is 19.1 Å². The summed E-state index contributed by atoms with van der Waals surface area (Å²) in [7, 11) is 0. The Morgan fingerprint density at radius 2 is 1.62 bits per heavy atom. The van der Waals surface area contributed by atoms with Gasteiger partial charge in [0.25, 0.3) is 11.8 Å². The number of hydrogen-bond acceptors (Lipinski definition) is 5. The van der Waals surface area contributed by atoms with Crippen molar-refractivity contribution in [3.05, 3.63) is 53.7 Å². The minimum Gasteiger partial charge on any atom is -0.334 e. The van der Waals surface area contributed by atoms with Gasteiger partial charge < -0.3 is 9.80 Å². The number of carbonyl (C=O) groups excluding carboxylic acids is 2. The number of pyridine rings is 1. The number of piperazine rings is 1. The quantitative estimate of drug-likeness (QED) is 0.751. The molecular weight excluding hydrogens is 332 g/mol. The van der Waals surface area contributed by atoms with Crippen molar-refractivity contribution in [2.24, 2.45) is 0 Å². The van der Waals surface area contributed by atoms with Crippen LogP contribution in [0.4, 0.5) is 0 Å². The molecule has 1 aromatic carbocycles. The van der Waals surface area contributed by atoms with Gasteiger partial charge in [-0.3, -0.25) is 14.7 Å². The Bertz CT molecular complexity index is 974. The summed E-state index contributed by atoms with van der Waals surface area (Å²) in [6, 6.07) is 11.4. The molecule has 26 heavy (non-hydrogen) atoms. The van der Waals surface area contributed by atoms with Gasteiger partial charge in [-0.25, -0.2) is 9.97 Å². The summed E-state index contributed by atoms with van der Waals surface area (Å²) in [6.07, 6.45) is 0. The van der Waals surface area contributed by atoms with E-state index in [2.05, 4.69) is 20.2 Å². The van der Waals surface area contributed by atoms with Gasteiger partial charge in [0.1, 0.15) is 11.5 Å². The molecule has 1 aliphatic heterocycles. The predicted octanol–water partition coefficient (Wildman–Crippen LogP) is 1.26. The Morgan fingerprint density at radius 3 is 2.31 bits per heavy atom. The zero-order valence-corrected chi connectivity index (χ0v) is 14.3. The van der Waals surface area contributed by atoms with Gasteiger partial charge in [0.05, 0.1) is 5.52 Å². The fraction of sp³-hybridized carbons (Fsp3) is 0.278. The number of aromatic amines is 1. The molecule has 2 aromatic heterocycles. The van der Waals surface area contributed by atoms with Crippen molar-refractivity contribution in [1.82, 2.24) is 30.0 Å². The molecule has 1 N–H and O–H groups in total. The van der Waals surface area contributed by atoms with Crippen LogP contribution in [0.3, 0.4) is 0 Å². The Morgan fingerprint density at radius 1 is 0.923 bits per heavy atom. The number of aromatic nitrogens is 4. The van der Waals surface area contributed by atoms with Gasteiger partial charge in [0, 0.05) is 31.6 Å². The van der Waals surface area contributed by atoms with Crippen molar-refractivity contribution in [3.63, 3.8) is 0 Å². The van der Waals surface area contributed by atoms with E-state index in [1.165, 1.54) is 0 Å². The van der Waals surface area contributed by atoms with Crippen LogP contribution in [0.15, 0.2) is 36.4 Å². The molecule has 0 spiro atoms. The fourth-order valence-corrected chi connectivity index (χ4v) is 3.04. The number of aryl methyl sites for hydroxylation is 1. The molecule has 0 saturated carbocycles. The van der Waals surface area contributed by atoms with Crippen molar-refractivity contribution in [2.45, 2.75) is 6.92 Å². The second-order valence-corrected chi connectivity index (χ2v) is 6.22. The lowest BCUT2D eigenvalue weighted by atomic mass is 10.2. The molecule has 3 heterocycles. The van der Waals surface area contributed by atoms with E-state index in [0.717, 1.165) is 10.9 Å². The summed E-state index contributed by atoms with van der Waals surface area (Å²) in [4.78, 5) is 37.0. The lowest BCUT2D eigenvalue weighted by molar-refractivity contribution is 0.0526.